The van der Waals surface area contributed by atoms with Gasteiger partial charge in [-0.1, -0.05) is 24.3 Å². The summed E-state index contributed by atoms with van der Waals surface area (Å²) in [6.45, 7) is 7.60. The number of aryl methyl sites for hydroxylation is 1. The Labute approximate surface area is 176 Å². The minimum Gasteiger partial charge on any atom is -0.494 e. The van der Waals surface area contributed by atoms with Gasteiger partial charge in [-0.05, 0) is 24.1 Å². The molecular weight excluding hydrogens is 384 g/mol. The molecule has 1 heterocycles. The van der Waals surface area contributed by atoms with E-state index in [1.165, 1.54) is 36.4 Å². The van der Waals surface area contributed by atoms with E-state index in [2.05, 4.69) is 46.3 Å². The number of nitro benzene ring substituents is 1. The van der Waals surface area contributed by atoms with Gasteiger partial charge in [-0.2, -0.15) is 0 Å². The molecule has 0 aromatic heterocycles. The molecular formula is C22H28N4O4. The van der Waals surface area contributed by atoms with Crippen LogP contribution in [0.2, 0.25) is 0 Å². The van der Waals surface area contributed by atoms with Gasteiger partial charge in [0.15, 0.2) is 0 Å². The first-order valence-corrected chi connectivity index (χ1v) is 10.1. The summed E-state index contributed by atoms with van der Waals surface area (Å²) in [4.78, 5) is 27.5. The molecule has 1 N–H and O–H groups in total. The number of methoxy groups -OCH3 is 1. The monoisotopic (exact) mass is 412 g/mol. The average molecular weight is 412 g/mol. The zero-order valence-corrected chi connectivity index (χ0v) is 17.5. The zero-order valence-electron chi connectivity index (χ0n) is 17.5. The van der Waals surface area contributed by atoms with Gasteiger partial charge in [-0.3, -0.25) is 19.8 Å². The quantitative estimate of drug-likeness (QED) is 0.530. The molecule has 8 heteroatoms. The van der Waals surface area contributed by atoms with Crippen LogP contribution >= 0.6 is 0 Å². The van der Waals surface area contributed by atoms with Crippen LogP contribution in [0, 0.1) is 17.0 Å². The molecule has 0 bridgehead atoms. The molecule has 1 aliphatic heterocycles. The van der Waals surface area contributed by atoms with Gasteiger partial charge in [-0.15, -0.1) is 0 Å². The summed E-state index contributed by atoms with van der Waals surface area (Å²) in [6, 6.07) is 12.6. The summed E-state index contributed by atoms with van der Waals surface area (Å²) in [5.41, 5.74) is 3.05. The van der Waals surface area contributed by atoms with Gasteiger partial charge in [0.2, 0.25) is 5.91 Å². The van der Waals surface area contributed by atoms with Crippen LogP contribution in [-0.2, 0) is 11.3 Å². The molecule has 0 aliphatic carbocycles. The molecule has 0 atom stereocenters. The van der Waals surface area contributed by atoms with E-state index in [9.17, 15) is 14.9 Å². The maximum absolute atomic E-state index is 12.3. The Bertz CT molecular complexity index is 894. The number of non-ortho nitro benzene ring substituents is 1. The van der Waals surface area contributed by atoms with E-state index < -0.39 is 4.92 Å². The molecule has 0 radical (unpaired) electrons. The Balaban J connectivity index is 1.44. The van der Waals surface area contributed by atoms with Crippen LogP contribution in [0.3, 0.4) is 0 Å². The van der Waals surface area contributed by atoms with E-state index in [1.54, 1.807) is 0 Å². The van der Waals surface area contributed by atoms with Crippen LogP contribution in [-0.4, -0.2) is 60.5 Å². The first-order chi connectivity index (χ1) is 14.5. The van der Waals surface area contributed by atoms with Gasteiger partial charge in [0, 0.05) is 51.8 Å². The second-order valence-electron chi connectivity index (χ2n) is 7.48. The number of carbonyl (C=O) groups excluding carboxylic acids is 1. The number of carbonyl (C=O) groups is 1. The molecule has 160 valence electrons. The second kappa shape index (κ2) is 10.2. The lowest BCUT2D eigenvalue weighted by Gasteiger charge is -2.34. The van der Waals surface area contributed by atoms with Gasteiger partial charge < -0.3 is 15.0 Å². The van der Waals surface area contributed by atoms with Crippen molar-refractivity contribution in [2.45, 2.75) is 19.9 Å². The molecule has 0 saturated carbocycles. The van der Waals surface area contributed by atoms with E-state index in [4.69, 9.17) is 4.74 Å². The zero-order chi connectivity index (χ0) is 21.5. The largest absolute Gasteiger partial charge is 0.494 e. The van der Waals surface area contributed by atoms with Crippen LogP contribution in [0.5, 0.6) is 5.75 Å². The highest BCUT2D eigenvalue weighted by Crippen LogP contribution is 2.29. The van der Waals surface area contributed by atoms with E-state index in [1.807, 2.05) is 0 Å². The predicted molar refractivity (Wildman–Crippen MR) is 116 cm³/mol. The van der Waals surface area contributed by atoms with E-state index in [0.29, 0.717) is 18.7 Å². The molecule has 0 unspecified atom stereocenters. The van der Waals surface area contributed by atoms with Crippen molar-refractivity contribution in [2.75, 3.05) is 45.2 Å². The van der Waals surface area contributed by atoms with Crippen molar-refractivity contribution >= 4 is 17.3 Å². The number of anilines is 1. The minimum atomic E-state index is -0.493. The summed E-state index contributed by atoms with van der Waals surface area (Å²) in [6.07, 6.45) is 0.359. The molecule has 30 heavy (non-hydrogen) atoms. The number of nitrogens with one attached hydrogen (secondary N) is 1. The SMILES string of the molecule is COc1cc([N+](=O)[O-])ccc1NC(=O)CCN1CCN(Cc2ccccc2C)CC1. The van der Waals surface area contributed by atoms with Gasteiger partial charge in [0.1, 0.15) is 5.75 Å². The second-order valence-corrected chi connectivity index (χ2v) is 7.48. The molecule has 2 aromatic rings. The fourth-order valence-corrected chi connectivity index (χ4v) is 3.57. The summed E-state index contributed by atoms with van der Waals surface area (Å²) in [5, 5.41) is 13.7. The smallest absolute Gasteiger partial charge is 0.273 e. The number of amides is 1. The van der Waals surface area contributed by atoms with Crippen LogP contribution < -0.4 is 10.1 Å². The highest BCUT2D eigenvalue weighted by molar-refractivity contribution is 5.92. The van der Waals surface area contributed by atoms with Crippen molar-refractivity contribution in [1.82, 2.24) is 9.80 Å². The maximum atomic E-state index is 12.3. The number of nitrogens with zero attached hydrogens (tertiary/aromatic N) is 3. The maximum Gasteiger partial charge on any atom is 0.273 e. The van der Waals surface area contributed by atoms with Gasteiger partial charge in [-0.25, -0.2) is 0 Å². The molecule has 1 amide bonds. The molecule has 3 rings (SSSR count). The summed E-state index contributed by atoms with van der Waals surface area (Å²) < 4.78 is 5.17. The summed E-state index contributed by atoms with van der Waals surface area (Å²) in [5.74, 6) is 0.145. The number of piperazine rings is 1. The van der Waals surface area contributed by atoms with Gasteiger partial charge in [0.25, 0.3) is 5.69 Å². The third-order valence-corrected chi connectivity index (χ3v) is 5.45. The topological polar surface area (TPSA) is 87.9 Å². The number of rotatable bonds is 8. The Morgan fingerprint density at radius 3 is 2.50 bits per heavy atom. The molecule has 1 aliphatic rings. The Hall–Kier alpha value is -2.97. The molecule has 0 spiro atoms. The lowest BCUT2D eigenvalue weighted by molar-refractivity contribution is -0.384. The summed E-state index contributed by atoms with van der Waals surface area (Å²) >= 11 is 0. The number of nitro groups is 1. The number of hydrogen-bond acceptors (Lipinski definition) is 6. The minimum absolute atomic E-state index is 0.0755. The van der Waals surface area contributed by atoms with Crippen molar-refractivity contribution in [1.29, 1.82) is 0 Å². The summed E-state index contributed by atoms with van der Waals surface area (Å²) in [7, 11) is 1.42. The van der Waals surface area contributed by atoms with E-state index in [-0.39, 0.29) is 17.3 Å². The lowest BCUT2D eigenvalue weighted by Crippen LogP contribution is -2.46. The molecule has 2 aromatic carbocycles. The molecule has 1 saturated heterocycles. The third kappa shape index (κ3) is 5.77. The first kappa shape index (κ1) is 21.7. The number of hydrogen-bond donors (Lipinski definition) is 1. The van der Waals surface area contributed by atoms with Crippen LogP contribution in [0.1, 0.15) is 17.5 Å². The normalized spacial score (nSPS) is 15.0. The number of ether oxygens (including phenoxy) is 1. The van der Waals surface area contributed by atoms with Crippen LogP contribution in [0.4, 0.5) is 11.4 Å². The fraction of sp³-hybridized carbons (Fsp3) is 0.409. The van der Waals surface area contributed by atoms with Gasteiger partial charge in [0.05, 0.1) is 23.8 Å². The Morgan fingerprint density at radius 1 is 1.13 bits per heavy atom. The van der Waals surface area contributed by atoms with Crippen molar-refractivity contribution in [3.63, 3.8) is 0 Å². The molecule has 1 fully saturated rings. The predicted octanol–water partition coefficient (Wildman–Crippen LogP) is 3.06. The Kier molecular flexibility index (Phi) is 7.37. The highest BCUT2D eigenvalue weighted by atomic mass is 16.6. The van der Waals surface area contributed by atoms with Gasteiger partial charge >= 0.3 is 0 Å². The van der Waals surface area contributed by atoms with Crippen molar-refractivity contribution in [3.8, 4) is 5.75 Å². The first-order valence-electron chi connectivity index (χ1n) is 10.1. The average Bonchev–Trinajstić information content (AvgIpc) is 2.75. The highest BCUT2D eigenvalue weighted by Gasteiger charge is 2.19. The number of benzene rings is 2. The van der Waals surface area contributed by atoms with Crippen LogP contribution in [0.25, 0.3) is 0 Å². The van der Waals surface area contributed by atoms with Crippen molar-refractivity contribution in [2.24, 2.45) is 0 Å². The van der Waals surface area contributed by atoms with Crippen molar-refractivity contribution < 1.29 is 14.5 Å². The van der Waals surface area contributed by atoms with Crippen molar-refractivity contribution in [3.05, 3.63) is 63.7 Å². The van der Waals surface area contributed by atoms with E-state index >= 15 is 0 Å². The Morgan fingerprint density at radius 2 is 1.83 bits per heavy atom. The van der Waals surface area contributed by atoms with Crippen LogP contribution in [0.15, 0.2) is 42.5 Å². The molecule has 8 nitrogen and oxygen atoms in total. The lowest BCUT2D eigenvalue weighted by atomic mass is 10.1. The standard InChI is InChI=1S/C22H28N4O4/c1-17-5-3-4-6-18(17)16-25-13-11-24(12-14-25)10-9-22(27)23-20-8-7-19(26(28)29)15-21(20)30-2/h3-8,15H,9-14,16H2,1-2H3,(H,23,27). The third-order valence-electron chi connectivity index (χ3n) is 5.45. The van der Waals surface area contributed by atoms with E-state index in [0.717, 1.165) is 32.7 Å². The fourth-order valence-electron chi connectivity index (χ4n) is 3.57.